The SMILES string of the molecule is O=c1[nH]c(-c2ccc(Cl)cc2)c(-c2ccc(Cl)cc2)[nH]c1=O. The van der Waals surface area contributed by atoms with Crippen LogP contribution in [0.4, 0.5) is 0 Å². The summed E-state index contributed by atoms with van der Waals surface area (Å²) in [4.78, 5) is 28.6. The Morgan fingerprint density at radius 3 is 1.23 bits per heavy atom. The molecule has 22 heavy (non-hydrogen) atoms. The Labute approximate surface area is 135 Å². The average molecular weight is 333 g/mol. The number of hydrogen-bond donors (Lipinski definition) is 2. The summed E-state index contributed by atoms with van der Waals surface area (Å²) < 4.78 is 0. The van der Waals surface area contributed by atoms with Crippen molar-refractivity contribution in [1.82, 2.24) is 9.97 Å². The van der Waals surface area contributed by atoms with Crippen molar-refractivity contribution in [3.63, 3.8) is 0 Å². The largest absolute Gasteiger partial charge is 0.315 e. The van der Waals surface area contributed by atoms with E-state index in [-0.39, 0.29) is 0 Å². The summed E-state index contributed by atoms with van der Waals surface area (Å²) in [6, 6.07) is 13.9. The zero-order valence-corrected chi connectivity index (χ0v) is 12.7. The summed E-state index contributed by atoms with van der Waals surface area (Å²) in [5.74, 6) is 0. The van der Waals surface area contributed by atoms with Gasteiger partial charge in [-0.25, -0.2) is 0 Å². The number of H-pyrrole nitrogens is 2. The summed E-state index contributed by atoms with van der Waals surface area (Å²) in [7, 11) is 0. The molecule has 0 bridgehead atoms. The predicted octanol–water partition coefficient (Wildman–Crippen LogP) is 3.70. The molecule has 0 atom stereocenters. The minimum atomic E-state index is -0.706. The van der Waals surface area contributed by atoms with Crippen molar-refractivity contribution in [3.8, 4) is 22.5 Å². The van der Waals surface area contributed by atoms with E-state index in [1.165, 1.54) is 0 Å². The monoisotopic (exact) mass is 332 g/mol. The third-order valence-electron chi connectivity index (χ3n) is 3.20. The number of aromatic nitrogens is 2. The maximum atomic E-state index is 11.7. The van der Waals surface area contributed by atoms with Gasteiger partial charge in [0, 0.05) is 21.2 Å². The molecule has 0 radical (unpaired) electrons. The molecule has 2 N–H and O–H groups in total. The molecular formula is C16H10Cl2N2O2. The number of halogens is 2. The maximum Gasteiger partial charge on any atom is 0.314 e. The van der Waals surface area contributed by atoms with E-state index in [2.05, 4.69) is 9.97 Å². The Hall–Kier alpha value is -2.30. The Bertz CT molecular complexity index is 848. The second-order valence-electron chi connectivity index (χ2n) is 4.67. The smallest absolute Gasteiger partial charge is 0.314 e. The van der Waals surface area contributed by atoms with Crippen LogP contribution in [0.15, 0.2) is 58.1 Å². The summed E-state index contributed by atoms with van der Waals surface area (Å²) in [6.07, 6.45) is 0. The molecule has 2 aromatic carbocycles. The van der Waals surface area contributed by atoms with Crippen LogP contribution in [-0.4, -0.2) is 9.97 Å². The lowest BCUT2D eigenvalue weighted by Gasteiger charge is -2.09. The van der Waals surface area contributed by atoms with Crippen LogP contribution in [0, 0.1) is 0 Å². The Morgan fingerprint density at radius 2 is 0.909 bits per heavy atom. The average Bonchev–Trinajstić information content (AvgIpc) is 2.51. The Balaban J connectivity index is 2.26. The summed E-state index contributed by atoms with van der Waals surface area (Å²) in [6.45, 7) is 0. The highest BCUT2D eigenvalue weighted by molar-refractivity contribution is 6.31. The van der Waals surface area contributed by atoms with E-state index in [9.17, 15) is 9.59 Å². The van der Waals surface area contributed by atoms with Crippen molar-refractivity contribution in [3.05, 3.63) is 79.3 Å². The molecule has 0 fully saturated rings. The number of benzene rings is 2. The van der Waals surface area contributed by atoms with Crippen molar-refractivity contribution >= 4 is 23.2 Å². The van der Waals surface area contributed by atoms with E-state index in [4.69, 9.17) is 23.2 Å². The lowest BCUT2D eigenvalue weighted by Crippen LogP contribution is -2.30. The van der Waals surface area contributed by atoms with Crippen LogP contribution in [0.5, 0.6) is 0 Å². The van der Waals surface area contributed by atoms with Crippen LogP contribution in [0.3, 0.4) is 0 Å². The van der Waals surface area contributed by atoms with Crippen LogP contribution in [0.25, 0.3) is 22.5 Å². The van der Waals surface area contributed by atoms with Crippen LogP contribution in [-0.2, 0) is 0 Å². The summed E-state index contributed by atoms with van der Waals surface area (Å²) in [5.41, 5.74) is 1.10. The minimum Gasteiger partial charge on any atom is -0.315 e. The van der Waals surface area contributed by atoms with Crippen LogP contribution in [0.2, 0.25) is 10.0 Å². The van der Waals surface area contributed by atoms with Crippen molar-refractivity contribution < 1.29 is 0 Å². The van der Waals surface area contributed by atoms with E-state index >= 15 is 0 Å². The van der Waals surface area contributed by atoms with E-state index in [1.54, 1.807) is 48.5 Å². The van der Waals surface area contributed by atoms with Gasteiger partial charge in [-0.2, -0.15) is 0 Å². The minimum absolute atomic E-state index is 0.517. The third kappa shape index (κ3) is 2.84. The highest BCUT2D eigenvalue weighted by atomic mass is 35.5. The van der Waals surface area contributed by atoms with Gasteiger partial charge in [0.2, 0.25) is 0 Å². The topological polar surface area (TPSA) is 65.7 Å². The van der Waals surface area contributed by atoms with E-state index in [0.29, 0.717) is 21.4 Å². The molecule has 3 rings (SSSR count). The van der Waals surface area contributed by atoms with Crippen molar-refractivity contribution in [1.29, 1.82) is 0 Å². The lowest BCUT2D eigenvalue weighted by molar-refractivity contribution is 1.09. The number of rotatable bonds is 2. The van der Waals surface area contributed by atoms with Crippen molar-refractivity contribution in [2.45, 2.75) is 0 Å². The van der Waals surface area contributed by atoms with E-state index < -0.39 is 11.1 Å². The van der Waals surface area contributed by atoms with E-state index in [0.717, 1.165) is 11.1 Å². The lowest BCUT2D eigenvalue weighted by atomic mass is 10.0. The zero-order chi connectivity index (χ0) is 15.7. The molecule has 0 saturated carbocycles. The molecule has 0 spiro atoms. The van der Waals surface area contributed by atoms with Gasteiger partial charge in [0.25, 0.3) is 0 Å². The molecular weight excluding hydrogens is 323 g/mol. The first-order valence-electron chi connectivity index (χ1n) is 6.43. The first-order chi connectivity index (χ1) is 10.5. The predicted molar refractivity (Wildman–Crippen MR) is 88.6 cm³/mol. The first-order valence-corrected chi connectivity index (χ1v) is 7.18. The molecule has 1 aromatic heterocycles. The van der Waals surface area contributed by atoms with Gasteiger partial charge in [0.15, 0.2) is 0 Å². The van der Waals surface area contributed by atoms with Crippen LogP contribution in [0.1, 0.15) is 0 Å². The maximum absolute atomic E-state index is 11.7. The second kappa shape index (κ2) is 5.83. The number of hydrogen-bond acceptors (Lipinski definition) is 2. The van der Waals surface area contributed by atoms with Gasteiger partial charge in [0.05, 0.1) is 11.4 Å². The standard InChI is InChI=1S/C16H10Cl2N2O2/c17-11-5-1-9(2-6-11)13-14(20-16(22)15(21)19-13)10-3-7-12(18)8-4-10/h1-8H,(H,19,21)(H,20,22). The van der Waals surface area contributed by atoms with Gasteiger partial charge >= 0.3 is 11.1 Å². The molecule has 4 nitrogen and oxygen atoms in total. The Kier molecular flexibility index (Phi) is 3.88. The third-order valence-corrected chi connectivity index (χ3v) is 3.70. The number of aromatic amines is 2. The van der Waals surface area contributed by atoms with Gasteiger partial charge in [-0.05, 0) is 24.3 Å². The van der Waals surface area contributed by atoms with Crippen LogP contribution < -0.4 is 11.1 Å². The van der Waals surface area contributed by atoms with Crippen molar-refractivity contribution in [2.75, 3.05) is 0 Å². The molecule has 0 saturated heterocycles. The second-order valence-corrected chi connectivity index (χ2v) is 5.54. The summed E-state index contributed by atoms with van der Waals surface area (Å²) in [5, 5.41) is 1.17. The molecule has 3 aromatic rings. The van der Waals surface area contributed by atoms with Gasteiger partial charge in [-0.3, -0.25) is 9.59 Å². The van der Waals surface area contributed by atoms with Gasteiger partial charge < -0.3 is 9.97 Å². The molecule has 0 unspecified atom stereocenters. The highest BCUT2D eigenvalue weighted by Gasteiger charge is 2.11. The van der Waals surface area contributed by atoms with Crippen LogP contribution >= 0.6 is 23.2 Å². The van der Waals surface area contributed by atoms with E-state index in [1.807, 2.05) is 0 Å². The zero-order valence-electron chi connectivity index (χ0n) is 11.2. The Morgan fingerprint density at radius 1 is 0.591 bits per heavy atom. The fourth-order valence-corrected chi connectivity index (χ4v) is 2.38. The molecule has 0 aliphatic rings. The highest BCUT2D eigenvalue weighted by Crippen LogP contribution is 2.28. The first kappa shape index (κ1) is 14.6. The molecule has 110 valence electrons. The normalized spacial score (nSPS) is 10.6. The molecule has 0 amide bonds. The quantitative estimate of drug-likeness (QED) is 0.702. The number of nitrogens with one attached hydrogen (secondary N) is 2. The molecule has 0 aliphatic carbocycles. The summed E-state index contributed by atoms with van der Waals surface area (Å²) >= 11 is 11.8. The van der Waals surface area contributed by atoms with Gasteiger partial charge in [-0.15, -0.1) is 0 Å². The van der Waals surface area contributed by atoms with Gasteiger partial charge in [-0.1, -0.05) is 47.5 Å². The van der Waals surface area contributed by atoms with Gasteiger partial charge in [0.1, 0.15) is 0 Å². The fourth-order valence-electron chi connectivity index (χ4n) is 2.13. The van der Waals surface area contributed by atoms with Crippen molar-refractivity contribution in [2.24, 2.45) is 0 Å². The fraction of sp³-hybridized carbons (Fsp3) is 0. The molecule has 6 heteroatoms. The molecule has 0 aliphatic heterocycles. The molecule has 1 heterocycles.